The highest BCUT2D eigenvalue weighted by atomic mass is 32.2. The van der Waals surface area contributed by atoms with Gasteiger partial charge in [0.15, 0.2) is 16.3 Å². The van der Waals surface area contributed by atoms with E-state index in [1.165, 1.54) is 20.9 Å². The molecule has 0 aliphatic carbocycles. The maximum absolute atomic E-state index is 12.7. The van der Waals surface area contributed by atoms with Gasteiger partial charge in [-0.15, -0.1) is 10.2 Å². The molecular formula is C18H19N7O2S. The third-order valence-corrected chi connectivity index (χ3v) is 5.54. The van der Waals surface area contributed by atoms with Gasteiger partial charge in [0, 0.05) is 32.1 Å². The van der Waals surface area contributed by atoms with Crippen LogP contribution in [0.2, 0.25) is 0 Å². The van der Waals surface area contributed by atoms with E-state index in [9.17, 15) is 9.59 Å². The summed E-state index contributed by atoms with van der Waals surface area (Å²) in [5, 5.41) is 8.92. The van der Waals surface area contributed by atoms with Crippen molar-refractivity contribution in [2.24, 2.45) is 14.1 Å². The predicted molar refractivity (Wildman–Crippen MR) is 107 cm³/mol. The van der Waals surface area contributed by atoms with Gasteiger partial charge < -0.3 is 4.57 Å². The number of hydrogen-bond acceptors (Lipinski definition) is 6. The zero-order valence-corrected chi connectivity index (χ0v) is 16.3. The number of nitrogens with zero attached hydrogens (tertiary/aromatic N) is 7. The Balaban J connectivity index is 1.49. The van der Waals surface area contributed by atoms with Crippen molar-refractivity contribution >= 4 is 22.9 Å². The molecule has 144 valence electrons. The molecule has 0 unspecified atom stereocenters. The van der Waals surface area contributed by atoms with Crippen molar-refractivity contribution in [1.82, 2.24) is 33.4 Å². The summed E-state index contributed by atoms with van der Waals surface area (Å²) in [5.41, 5.74) is 1.16. The summed E-state index contributed by atoms with van der Waals surface area (Å²) in [6.45, 7) is 0.332. The maximum atomic E-state index is 12.7. The van der Waals surface area contributed by atoms with E-state index in [2.05, 4.69) is 15.2 Å². The topological polar surface area (TPSA) is 92.5 Å². The number of aryl methyl sites for hydroxylation is 2. The molecule has 4 rings (SSSR count). The minimum Gasteiger partial charge on any atom is -0.328 e. The quantitative estimate of drug-likeness (QED) is 0.359. The number of para-hydroxylation sites is 1. The van der Waals surface area contributed by atoms with Crippen molar-refractivity contribution in [1.29, 1.82) is 0 Å². The van der Waals surface area contributed by atoms with Gasteiger partial charge in [-0.3, -0.25) is 18.5 Å². The summed E-state index contributed by atoms with van der Waals surface area (Å²) in [4.78, 5) is 29.4. The fraction of sp³-hybridized carbons (Fsp3) is 0.278. The van der Waals surface area contributed by atoms with Crippen LogP contribution in [0.25, 0.3) is 16.9 Å². The number of imidazole rings is 1. The summed E-state index contributed by atoms with van der Waals surface area (Å²) >= 11 is 1.54. The summed E-state index contributed by atoms with van der Waals surface area (Å²) < 4.78 is 6.24. The van der Waals surface area contributed by atoms with Crippen LogP contribution in [0, 0.1) is 0 Å². The van der Waals surface area contributed by atoms with Crippen molar-refractivity contribution in [2.75, 3.05) is 5.75 Å². The fourth-order valence-electron chi connectivity index (χ4n) is 3.07. The maximum Gasteiger partial charge on any atom is 0.332 e. The van der Waals surface area contributed by atoms with Crippen molar-refractivity contribution < 1.29 is 0 Å². The highest BCUT2D eigenvalue weighted by molar-refractivity contribution is 7.99. The molecule has 0 atom stereocenters. The second kappa shape index (κ2) is 7.47. The fourth-order valence-corrected chi connectivity index (χ4v) is 3.92. The first kappa shape index (κ1) is 18.2. The van der Waals surface area contributed by atoms with Crippen LogP contribution in [-0.4, -0.2) is 39.2 Å². The molecular weight excluding hydrogens is 378 g/mol. The summed E-state index contributed by atoms with van der Waals surface area (Å²) in [5.74, 6) is 0.699. The minimum absolute atomic E-state index is 0.310. The van der Waals surface area contributed by atoms with Crippen LogP contribution >= 0.6 is 11.8 Å². The molecule has 0 saturated heterocycles. The average molecular weight is 397 g/mol. The Kier molecular flexibility index (Phi) is 4.86. The molecule has 0 radical (unpaired) electrons. The Morgan fingerprint density at radius 1 is 1.07 bits per heavy atom. The molecule has 9 nitrogen and oxygen atoms in total. The average Bonchev–Trinajstić information content (AvgIpc) is 3.33. The van der Waals surface area contributed by atoms with E-state index in [4.69, 9.17) is 0 Å². The van der Waals surface area contributed by atoms with Crippen molar-refractivity contribution in [3.8, 4) is 5.69 Å². The van der Waals surface area contributed by atoms with E-state index < -0.39 is 0 Å². The Labute approximate surface area is 164 Å². The van der Waals surface area contributed by atoms with Crippen LogP contribution in [0.1, 0.15) is 6.42 Å². The molecule has 4 aromatic rings. The molecule has 3 aromatic heterocycles. The lowest BCUT2D eigenvalue weighted by molar-refractivity contribution is 0.594. The van der Waals surface area contributed by atoms with Gasteiger partial charge in [-0.2, -0.15) is 0 Å². The zero-order valence-electron chi connectivity index (χ0n) is 15.5. The van der Waals surface area contributed by atoms with Gasteiger partial charge in [0.05, 0.1) is 6.33 Å². The van der Waals surface area contributed by atoms with Crippen LogP contribution in [0.5, 0.6) is 0 Å². The molecule has 3 heterocycles. The zero-order chi connectivity index (χ0) is 19.7. The molecule has 0 fully saturated rings. The van der Waals surface area contributed by atoms with Crippen LogP contribution in [0.3, 0.4) is 0 Å². The molecule has 0 spiro atoms. The Hall–Kier alpha value is -3.14. The molecule has 0 N–H and O–H groups in total. The van der Waals surface area contributed by atoms with Gasteiger partial charge in [0.25, 0.3) is 5.56 Å². The Bertz CT molecular complexity index is 1240. The second-order valence-electron chi connectivity index (χ2n) is 6.35. The van der Waals surface area contributed by atoms with E-state index in [0.29, 0.717) is 29.9 Å². The Morgan fingerprint density at radius 2 is 1.86 bits per heavy atom. The second-order valence-corrected chi connectivity index (χ2v) is 7.41. The SMILES string of the molecule is Cn1cnc2c1c(=O)n(CCCSc1nncn1-c1ccccc1)c(=O)n2C. The van der Waals surface area contributed by atoms with Gasteiger partial charge >= 0.3 is 5.69 Å². The molecule has 1 aromatic carbocycles. The number of aromatic nitrogens is 7. The van der Waals surface area contributed by atoms with Crippen LogP contribution in [0.4, 0.5) is 0 Å². The van der Waals surface area contributed by atoms with Gasteiger partial charge in [0.2, 0.25) is 0 Å². The number of benzene rings is 1. The summed E-state index contributed by atoms with van der Waals surface area (Å²) in [6.07, 6.45) is 3.86. The molecule has 0 aliphatic heterocycles. The largest absolute Gasteiger partial charge is 0.332 e. The lowest BCUT2D eigenvalue weighted by Gasteiger charge is -2.09. The normalized spacial score (nSPS) is 11.4. The van der Waals surface area contributed by atoms with E-state index in [1.54, 1.807) is 31.3 Å². The molecule has 0 amide bonds. The third kappa shape index (κ3) is 3.15. The molecule has 0 aliphatic rings. The molecule has 0 saturated carbocycles. The van der Waals surface area contributed by atoms with Gasteiger partial charge in [-0.1, -0.05) is 30.0 Å². The molecule has 0 bridgehead atoms. The molecule has 10 heteroatoms. The summed E-state index contributed by atoms with van der Waals surface area (Å²) in [6, 6.07) is 9.85. The van der Waals surface area contributed by atoms with E-state index in [-0.39, 0.29) is 11.2 Å². The van der Waals surface area contributed by atoms with E-state index in [1.807, 2.05) is 34.9 Å². The standard InChI is InChI=1S/C18H19N7O2S/c1-22-11-19-15-14(22)16(26)24(18(27)23(15)2)9-6-10-28-17-21-20-12-25(17)13-7-4-3-5-8-13/h3-5,7-8,11-12H,6,9-10H2,1-2H3. The van der Waals surface area contributed by atoms with E-state index >= 15 is 0 Å². The van der Waals surface area contributed by atoms with Crippen molar-refractivity contribution in [3.63, 3.8) is 0 Å². The third-order valence-electron chi connectivity index (χ3n) is 4.51. The number of thioether (sulfide) groups is 1. The first-order valence-electron chi connectivity index (χ1n) is 8.77. The number of hydrogen-bond donors (Lipinski definition) is 0. The first-order valence-corrected chi connectivity index (χ1v) is 9.75. The van der Waals surface area contributed by atoms with Gasteiger partial charge in [0.1, 0.15) is 6.33 Å². The van der Waals surface area contributed by atoms with Crippen molar-refractivity contribution in [2.45, 2.75) is 18.1 Å². The van der Waals surface area contributed by atoms with E-state index in [0.717, 1.165) is 10.8 Å². The lowest BCUT2D eigenvalue weighted by Crippen LogP contribution is -2.39. The molecule has 28 heavy (non-hydrogen) atoms. The van der Waals surface area contributed by atoms with Gasteiger partial charge in [-0.05, 0) is 18.6 Å². The van der Waals surface area contributed by atoms with Crippen LogP contribution < -0.4 is 11.2 Å². The number of fused-ring (bicyclic) bond motifs is 1. The van der Waals surface area contributed by atoms with Crippen molar-refractivity contribution in [3.05, 3.63) is 63.8 Å². The predicted octanol–water partition coefficient (Wildman–Crippen LogP) is 1.20. The van der Waals surface area contributed by atoms with Crippen LogP contribution in [0.15, 0.2) is 57.7 Å². The lowest BCUT2D eigenvalue weighted by atomic mass is 10.3. The van der Waals surface area contributed by atoms with Gasteiger partial charge in [-0.25, -0.2) is 9.78 Å². The minimum atomic E-state index is -0.353. The first-order chi connectivity index (χ1) is 13.6. The highest BCUT2D eigenvalue weighted by Gasteiger charge is 2.14. The number of rotatable bonds is 6. The Morgan fingerprint density at radius 3 is 2.64 bits per heavy atom. The van der Waals surface area contributed by atoms with Crippen LogP contribution in [-0.2, 0) is 20.6 Å². The monoisotopic (exact) mass is 397 g/mol. The summed E-state index contributed by atoms with van der Waals surface area (Å²) in [7, 11) is 3.38. The highest BCUT2D eigenvalue weighted by Crippen LogP contribution is 2.20. The smallest absolute Gasteiger partial charge is 0.328 e.